The number of rotatable bonds is 2. The van der Waals surface area contributed by atoms with E-state index in [2.05, 4.69) is 20.3 Å². The number of aromatic amines is 1. The molecule has 112 valence electrons. The lowest BCUT2D eigenvalue weighted by Crippen LogP contribution is -2.37. The Labute approximate surface area is 126 Å². The smallest absolute Gasteiger partial charge is 0.277 e. The van der Waals surface area contributed by atoms with E-state index in [1.807, 2.05) is 0 Å². The molecule has 0 unspecified atom stereocenters. The van der Waals surface area contributed by atoms with E-state index in [0.29, 0.717) is 34.9 Å². The highest BCUT2D eigenvalue weighted by Gasteiger charge is 2.67. The second-order valence-electron chi connectivity index (χ2n) is 6.84. The third-order valence-corrected chi connectivity index (χ3v) is 5.46. The lowest BCUT2D eigenvalue weighted by atomic mass is 10.1. The Morgan fingerprint density at radius 2 is 1.91 bits per heavy atom. The summed E-state index contributed by atoms with van der Waals surface area (Å²) in [5, 5.41) is 3.14. The van der Waals surface area contributed by atoms with Crippen LogP contribution >= 0.6 is 0 Å². The molecule has 0 aliphatic heterocycles. The van der Waals surface area contributed by atoms with Gasteiger partial charge in [-0.3, -0.25) is 9.59 Å². The van der Waals surface area contributed by atoms with E-state index in [0.717, 1.165) is 11.8 Å². The molecule has 5 rings (SSSR count). The molecule has 2 aromatic rings. The van der Waals surface area contributed by atoms with Crippen LogP contribution in [0, 0.1) is 30.6 Å². The van der Waals surface area contributed by atoms with Crippen LogP contribution in [0.15, 0.2) is 16.9 Å². The van der Waals surface area contributed by atoms with Gasteiger partial charge in [0.2, 0.25) is 0 Å². The highest BCUT2D eigenvalue weighted by molar-refractivity contribution is 5.94. The summed E-state index contributed by atoms with van der Waals surface area (Å²) in [5.41, 5.74) is 0.730. The van der Waals surface area contributed by atoms with Crippen LogP contribution in [-0.2, 0) is 0 Å². The number of carbonyl (C=O) groups is 1. The zero-order valence-corrected chi connectivity index (χ0v) is 12.2. The minimum atomic E-state index is -0.303. The lowest BCUT2D eigenvalue weighted by molar-refractivity contribution is 0.0924. The number of hydrogen-bond donors (Lipinski definition) is 2. The normalized spacial score (nSPS) is 34.1. The van der Waals surface area contributed by atoms with Gasteiger partial charge in [-0.2, -0.15) is 0 Å². The third kappa shape index (κ3) is 1.66. The zero-order chi connectivity index (χ0) is 15.0. The van der Waals surface area contributed by atoms with Crippen molar-refractivity contribution in [1.82, 2.24) is 20.3 Å². The average molecular weight is 296 g/mol. The van der Waals surface area contributed by atoms with Crippen LogP contribution in [0.2, 0.25) is 0 Å². The van der Waals surface area contributed by atoms with Crippen LogP contribution in [0.25, 0.3) is 11.0 Å². The first-order valence-electron chi connectivity index (χ1n) is 7.80. The van der Waals surface area contributed by atoms with Gasteiger partial charge in [0.05, 0.1) is 5.52 Å². The summed E-state index contributed by atoms with van der Waals surface area (Å²) in [6, 6.07) is 3.65. The zero-order valence-electron chi connectivity index (χ0n) is 12.2. The molecule has 2 heterocycles. The molecule has 6 heteroatoms. The maximum atomic E-state index is 12.4. The largest absolute Gasteiger partial charge is 0.347 e. The minimum Gasteiger partial charge on any atom is -0.347 e. The van der Waals surface area contributed by atoms with Crippen molar-refractivity contribution in [2.75, 3.05) is 0 Å². The maximum absolute atomic E-state index is 12.4. The second kappa shape index (κ2) is 3.94. The molecule has 3 aliphatic rings. The monoisotopic (exact) mass is 296 g/mol. The van der Waals surface area contributed by atoms with Gasteiger partial charge in [-0.1, -0.05) is 0 Å². The fourth-order valence-electron chi connectivity index (χ4n) is 4.31. The summed E-state index contributed by atoms with van der Waals surface area (Å²) in [4.78, 5) is 35.5. The second-order valence-corrected chi connectivity index (χ2v) is 6.84. The minimum absolute atomic E-state index is 0.176. The molecule has 4 atom stereocenters. The van der Waals surface area contributed by atoms with Gasteiger partial charge in [0.25, 0.3) is 11.5 Å². The Morgan fingerprint density at radius 3 is 2.64 bits per heavy atom. The van der Waals surface area contributed by atoms with Crippen LogP contribution < -0.4 is 10.9 Å². The molecule has 3 saturated carbocycles. The number of pyridine rings is 1. The van der Waals surface area contributed by atoms with Crippen molar-refractivity contribution in [3.8, 4) is 0 Å². The maximum Gasteiger partial charge on any atom is 0.277 e. The molecule has 0 radical (unpaired) electrons. The average Bonchev–Trinajstić information content (AvgIpc) is 3.37. The number of amides is 1. The van der Waals surface area contributed by atoms with Crippen LogP contribution in [0.5, 0.6) is 0 Å². The molecular weight excluding hydrogens is 280 g/mol. The Bertz CT molecular complexity index is 858. The fraction of sp³-hybridized carbons (Fsp3) is 0.500. The van der Waals surface area contributed by atoms with Crippen molar-refractivity contribution in [3.63, 3.8) is 0 Å². The van der Waals surface area contributed by atoms with Crippen molar-refractivity contribution in [2.45, 2.75) is 25.8 Å². The van der Waals surface area contributed by atoms with E-state index < -0.39 is 0 Å². The molecule has 3 aliphatic carbocycles. The molecule has 6 nitrogen and oxygen atoms in total. The van der Waals surface area contributed by atoms with Crippen molar-refractivity contribution in [1.29, 1.82) is 0 Å². The summed E-state index contributed by atoms with van der Waals surface area (Å²) in [7, 11) is 0. The molecule has 2 aromatic heterocycles. The summed E-state index contributed by atoms with van der Waals surface area (Å²) in [5.74, 6) is 3.44. The summed E-state index contributed by atoms with van der Waals surface area (Å²) >= 11 is 0. The first-order valence-corrected chi connectivity index (χ1v) is 7.80. The predicted octanol–water partition coefficient (Wildman–Crippen LogP) is 1.01. The summed E-state index contributed by atoms with van der Waals surface area (Å²) in [6.45, 7) is 1.72. The van der Waals surface area contributed by atoms with Gasteiger partial charge >= 0.3 is 0 Å². The number of aromatic nitrogens is 3. The van der Waals surface area contributed by atoms with Crippen LogP contribution in [0.1, 0.15) is 29.2 Å². The van der Waals surface area contributed by atoms with Gasteiger partial charge in [0.15, 0.2) is 5.52 Å². The standard InChI is InChI=1S/C16H16N4O2/c1-6-17-11-2-3-12(19-14(11)16(22)18-6)15(21)20-13-9-4-7(9)8-5-10(8)13/h2-3,7-10,13H,4-5H2,1H3,(H,20,21)(H,17,18,22)/t7-,8-,9-,10-/m1/s1. The quantitative estimate of drug-likeness (QED) is 0.866. The first kappa shape index (κ1) is 12.3. The molecule has 0 aromatic carbocycles. The van der Waals surface area contributed by atoms with Crippen molar-refractivity contribution >= 4 is 16.9 Å². The van der Waals surface area contributed by atoms with E-state index in [4.69, 9.17) is 0 Å². The van der Waals surface area contributed by atoms with Gasteiger partial charge in [-0.25, -0.2) is 9.97 Å². The Balaban J connectivity index is 1.46. The number of H-pyrrole nitrogens is 1. The van der Waals surface area contributed by atoms with Gasteiger partial charge in [0, 0.05) is 6.04 Å². The topological polar surface area (TPSA) is 87.7 Å². The molecule has 3 fully saturated rings. The van der Waals surface area contributed by atoms with Crippen LogP contribution in [0.3, 0.4) is 0 Å². The number of fused-ring (bicyclic) bond motifs is 4. The molecule has 22 heavy (non-hydrogen) atoms. The molecule has 0 spiro atoms. The molecular formula is C16H16N4O2. The van der Waals surface area contributed by atoms with E-state index >= 15 is 0 Å². The Morgan fingerprint density at radius 1 is 1.18 bits per heavy atom. The van der Waals surface area contributed by atoms with Gasteiger partial charge in [-0.15, -0.1) is 0 Å². The van der Waals surface area contributed by atoms with Crippen LogP contribution in [-0.4, -0.2) is 26.9 Å². The van der Waals surface area contributed by atoms with E-state index in [1.54, 1.807) is 19.1 Å². The van der Waals surface area contributed by atoms with Crippen molar-refractivity contribution < 1.29 is 4.79 Å². The molecule has 1 amide bonds. The fourth-order valence-corrected chi connectivity index (χ4v) is 4.31. The third-order valence-electron chi connectivity index (χ3n) is 5.46. The summed E-state index contributed by atoms with van der Waals surface area (Å²) < 4.78 is 0. The number of aryl methyl sites for hydroxylation is 1. The van der Waals surface area contributed by atoms with E-state index in [9.17, 15) is 9.59 Å². The van der Waals surface area contributed by atoms with Crippen molar-refractivity contribution in [3.05, 3.63) is 34.0 Å². The predicted molar refractivity (Wildman–Crippen MR) is 79.3 cm³/mol. The molecule has 2 N–H and O–H groups in total. The van der Waals surface area contributed by atoms with Gasteiger partial charge in [0.1, 0.15) is 11.5 Å². The van der Waals surface area contributed by atoms with Crippen molar-refractivity contribution in [2.24, 2.45) is 23.7 Å². The number of nitrogens with zero attached hydrogens (tertiary/aromatic N) is 2. The summed E-state index contributed by atoms with van der Waals surface area (Å²) in [6.07, 6.45) is 2.53. The lowest BCUT2D eigenvalue weighted by Gasteiger charge is -2.15. The van der Waals surface area contributed by atoms with E-state index in [1.165, 1.54) is 12.8 Å². The highest BCUT2D eigenvalue weighted by Crippen LogP contribution is 2.69. The highest BCUT2D eigenvalue weighted by atomic mass is 16.2. The van der Waals surface area contributed by atoms with Gasteiger partial charge < -0.3 is 10.3 Å². The van der Waals surface area contributed by atoms with Gasteiger partial charge in [-0.05, 0) is 55.6 Å². The number of nitrogens with one attached hydrogen (secondary N) is 2. The first-order chi connectivity index (χ1) is 10.6. The molecule has 0 saturated heterocycles. The Hall–Kier alpha value is -2.24. The molecule has 0 bridgehead atoms. The van der Waals surface area contributed by atoms with Crippen LogP contribution in [0.4, 0.5) is 0 Å². The Kier molecular flexibility index (Phi) is 2.21. The SMILES string of the molecule is Cc1nc2ccc(C(=O)NC3[C@@H]4C[C@@H]4[C@H]4C[C@@H]34)nc2c(=O)[nH]1. The number of carbonyl (C=O) groups excluding carboxylic acids is 1. The number of hydrogen-bond acceptors (Lipinski definition) is 4. The van der Waals surface area contributed by atoms with E-state index in [-0.39, 0.29) is 17.0 Å².